The number of nitrogens with zero attached hydrogens (tertiary/aromatic N) is 4. The maximum absolute atomic E-state index is 15.2. The average molecular weight is 769 g/mol. The molecule has 0 spiro atoms. The molecule has 4 aliphatic rings. The molecule has 8 heteroatoms. The smallest absolute Gasteiger partial charge is 0.263 e. The topological polar surface area (TPSA) is 81.2 Å². The number of imide groups is 2. The molecule has 0 aliphatic carbocycles. The van der Waals surface area contributed by atoms with Crippen LogP contribution in [0.15, 0.2) is 12.1 Å². The number of amides is 4. The van der Waals surface area contributed by atoms with E-state index in [0.29, 0.717) is 33.0 Å². The van der Waals surface area contributed by atoms with Crippen LogP contribution in [-0.4, -0.2) is 71.7 Å². The van der Waals surface area contributed by atoms with Crippen molar-refractivity contribution in [1.82, 2.24) is 9.80 Å². The lowest BCUT2D eigenvalue weighted by Crippen LogP contribution is -2.50. The number of carbonyl (C=O) groups excluding carboxylic acids is 4. The molecule has 2 aromatic rings. The van der Waals surface area contributed by atoms with Crippen molar-refractivity contribution < 1.29 is 19.2 Å². The van der Waals surface area contributed by atoms with E-state index in [-0.39, 0.29) is 35.7 Å². The fourth-order valence-corrected chi connectivity index (χ4v) is 10.2. The zero-order chi connectivity index (χ0) is 39.6. The third-order valence-corrected chi connectivity index (χ3v) is 13.3. The van der Waals surface area contributed by atoms with Gasteiger partial charge in [-0.15, -0.1) is 0 Å². The maximum Gasteiger partial charge on any atom is 0.263 e. The normalized spacial score (nSPS) is 17.0. The summed E-state index contributed by atoms with van der Waals surface area (Å²) in [6, 6.07) is 3.59. The Bertz CT molecular complexity index is 1540. The molecule has 0 saturated carbocycles. The van der Waals surface area contributed by atoms with Crippen molar-refractivity contribution in [2.24, 2.45) is 0 Å². The molecule has 4 heterocycles. The van der Waals surface area contributed by atoms with E-state index in [4.69, 9.17) is 0 Å². The first kappa shape index (κ1) is 42.2. The Morgan fingerprint density at radius 1 is 0.429 bits per heavy atom. The van der Waals surface area contributed by atoms with Crippen LogP contribution in [0.25, 0.3) is 10.8 Å². The van der Waals surface area contributed by atoms with Crippen LogP contribution in [0.3, 0.4) is 0 Å². The molecule has 0 aromatic heterocycles. The maximum atomic E-state index is 15.2. The Hall–Kier alpha value is -3.42. The zero-order valence-electron chi connectivity index (χ0n) is 35.5. The summed E-state index contributed by atoms with van der Waals surface area (Å²) in [6.45, 7) is 12.1. The van der Waals surface area contributed by atoms with Crippen LogP contribution in [-0.2, 0) is 0 Å². The summed E-state index contributed by atoms with van der Waals surface area (Å²) >= 11 is 0. The molecule has 2 fully saturated rings. The van der Waals surface area contributed by atoms with Gasteiger partial charge in [0.15, 0.2) is 0 Å². The third-order valence-electron chi connectivity index (χ3n) is 13.3. The molecule has 0 unspecified atom stereocenters. The first-order valence-electron chi connectivity index (χ1n) is 23.3. The van der Waals surface area contributed by atoms with E-state index >= 15 is 19.2 Å². The van der Waals surface area contributed by atoms with E-state index in [1.54, 1.807) is 9.80 Å². The zero-order valence-corrected chi connectivity index (χ0v) is 35.5. The molecular formula is C48H72N4O4. The fraction of sp³-hybridized carbons (Fsp3) is 0.708. The molecule has 4 aliphatic heterocycles. The van der Waals surface area contributed by atoms with Crippen LogP contribution in [0.5, 0.6) is 0 Å². The molecule has 2 aromatic carbocycles. The number of hydrogen-bond acceptors (Lipinski definition) is 6. The highest BCUT2D eigenvalue weighted by atomic mass is 16.2. The molecule has 4 amide bonds. The van der Waals surface area contributed by atoms with Gasteiger partial charge in [0.25, 0.3) is 23.6 Å². The van der Waals surface area contributed by atoms with E-state index in [0.717, 1.165) is 192 Å². The summed E-state index contributed by atoms with van der Waals surface area (Å²) in [4.78, 5) is 68.6. The Morgan fingerprint density at radius 3 is 1.02 bits per heavy atom. The van der Waals surface area contributed by atoms with Crippen LogP contribution in [0.4, 0.5) is 11.4 Å². The molecular weight excluding hydrogens is 697 g/mol. The lowest BCUT2D eigenvalue weighted by atomic mass is 9.82. The van der Waals surface area contributed by atoms with E-state index < -0.39 is 0 Å². The second-order valence-corrected chi connectivity index (χ2v) is 17.4. The number of rotatable bonds is 24. The highest BCUT2D eigenvalue weighted by Gasteiger charge is 2.47. The minimum atomic E-state index is -0.248. The van der Waals surface area contributed by atoms with Gasteiger partial charge >= 0.3 is 0 Å². The Morgan fingerprint density at radius 2 is 0.732 bits per heavy atom. The molecule has 6 rings (SSSR count). The van der Waals surface area contributed by atoms with Gasteiger partial charge in [-0.25, -0.2) is 0 Å². The van der Waals surface area contributed by atoms with Gasteiger partial charge in [0, 0.05) is 49.0 Å². The Balaban J connectivity index is 1.52. The third kappa shape index (κ3) is 8.84. The second kappa shape index (κ2) is 20.3. The van der Waals surface area contributed by atoms with Gasteiger partial charge < -0.3 is 9.80 Å². The first-order valence-corrected chi connectivity index (χ1v) is 23.3. The lowest BCUT2D eigenvalue weighted by molar-refractivity contribution is 0.0495. The summed E-state index contributed by atoms with van der Waals surface area (Å²) in [5, 5.41) is 1.10. The first-order chi connectivity index (χ1) is 27.4. The Kier molecular flexibility index (Phi) is 15.3. The van der Waals surface area contributed by atoms with Crippen molar-refractivity contribution in [2.45, 2.75) is 194 Å². The van der Waals surface area contributed by atoms with E-state index in [2.05, 4.69) is 37.5 Å². The van der Waals surface area contributed by atoms with Crippen molar-refractivity contribution in [1.29, 1.82) is 0 Å². The minimum absolute atomic E-state index is 0.180. The van der Waals surface area contributed by atoms with Gasteiger partial charge in [-0.2, -0.15) is 0 Å². The summed E-state index contributed by atoms with van der Waals surface area (Å²) in [5.74, 6) is -0.971. The largest absolute Gasteiger partial charge is 0.371 e. The quantitative estimate of drug-likeness (QED) is 0.0781. The van der Waals surface area contributed by atoms with Gasteiger partial charge in [-0.3, -0.25) is 29.0 Å². The van der Waals surface area contributed by atoms with Gasteiger partial charge in [0.1, 0.15) is 0 Å². The number of benzene rings is 2. The predicted octanol–water partition coefficient (Wildman–Crippen LogP) is 11.9. The molecule has 0 N–H and O–H groups in total. The SMILES string of the molecule is CCCCCCC(CCCCCC)N1C(=O)c2cc(N3CCCC3)c3c4c(cc(N5CCCC5)c(c24)C1=O)C(=O)N(C(CCCCCC)CCCCCC)C3=O. The average Bonchev–Trinajstić information content (AvgIpc) is 3.95. The number of unbranched alkanes of at least 4 members (excludes halogenated alkanes) is 12. The highest BCUT2D eigenvalue weighted by Crippen LogP contribution is 2.48. The lowest BCUT2D eigenvalue weighted by Gasteiger charge is -2.40. The van der Waals surface area contributed by atoms with Crippen LogP contribution in [0.2, 0.25) is 0 Å². The van der Waals surface area contributed by atoms with Crippen molar-refractivity contribution in [3.8, 4) is 0 Å². The van der Waals surface area contributed by atoms with Crippen LogP contribution in [0.1, 0.15) is 223 Å². The molecule has 0 atom stereocenters. The fourth-order valence-electron chi connectivity index (χ4n) is 10.2. The van der Waals surface area contributed by atoms with Gasteiger partial charge in [-0.1, -0.05) is 130 Å². The van der Waals surface area contributed by atoms with E-state index in [1.165, 1.54) is 0 Å². The van der Waals surface area contributed by atoms with Crippen LogP contribution >= 0.6 is 0 Å². The molecule has 56 heavy (non-hydrogen) atoms. The Labute approximate surface area is 338 Å². The molecule has 0 radical (unpaired) electrons. The van der Waals surface area contributed by atoms with Gasteiger partial charge in [0.2, 0.25) is 0 Å². The summed E-state index contributed by atoms with van der Waals surface area (Å²) in [7, 11) is 0. The number of anilines is 2. The number of hydrogen-bond donors (Lipinski definition) is 0. The van der Waals surface area contributed by atoms with E-state index in [9.17, 15) is 0 Å². The minimum Gasteiger partial charge on any atom is -0.371 e. The summed E-state index contributed by atoms with van der Waals surface area (Å²) in [5.41, 5.74) is 3.61. The van der Waals surface area contributed by atoms with Crippen molar-refractivity contribution in [3.05, 3.63) is 34.4 Å². The van der Waals surface area contributed by atoms with Crippen LogP contribution in [0, 0.1) is 0 Å². The van der Waals surface area contributed by atoms with Crippen molar-refractivity contribution in [3.63, 3.8) is 0 Å². The van der Waals surface area contributed by atoms with Gasteiger partial charge in [-0.05, 0) is 63.5 Å². The van der Waals surface area contributed by atoms with Crippen molar-refractivity contribution in [2.75, 3.05) is 36.0 Å². The van der Waals surface area contributed by atoms with Crippen LogP contribution < -0.4 is 9.80 Å². The van der Waals surface area contributed by atoms with Crippen molar-refractivity contribution >= 4 is 45.8 Å². The summed E-state index contributed by atoms with van der Waals surface area (Å²) < 4.78 is 0. The molecule has 0 bridgehead atoms. The molecule has 308 valence electrons. The molecule has 2 saturated heterocycles. The van der Waals surface area contributed by atoms with Gasteiger partial charge in [0.05, 0.1) is 33.6 Å². The highest BCUT2D eigenvalue weighted by molar-refractivity contribution is 6.36. The molecule has 8 nitrogen and oxygen atoms in total. The van der Waals surface area contributed by atoms with E-state index in [1.807, 2.05) is 12.1 Å². The predicted molar refractivity (Wildman–Crippen MR) is 230 cm³/mol. The standard InChI is InChI=1S/C48H72N4O4/c1-5-9-13-17-25-35(26-18-14-10-6-2)51-45(53)37-33-40(50-31-23-24-32-50)44-42-38(34-39(49-29-21-22-30-49)43(41(37)42)47(51)55)46(54)52(48(44)56)36(27-19-15-11-7-3)28-20-16-12-8-4/h33-36H,5-32H2,1-4H3. The second-order valence-electron chi connectivity index (χ2n) is 17.4. The summed E-state index contributed by atoms with van der Waals surface area (Å²) in [6.07, 6.45) is 24.7. The number of carbonyl (C=O) groups is 4. The monoisotopic (exact) mass is 769 g/mol.